The summed E-state index contributed by atoms with van der Waals surface area (Å²) in [5.74, 6) is -0.350. The molecule has 0 saturated carbocycles. The molecule has 1 N–H and O–H groups in total. The van der Waals surface area contributed by atoms with Crippen molar-refractivity contribution in [2.24, 2.45) is 5.41 Å². The Bertz CT molecular complexity index is 744. The predicted octanol–water partition coefficient (Wildman–Crippen LogP) is 3.78. The average molecular weight is 389 g/mol. The van der Waals surface area contributed by atoms with Crippen molar-refractivity contribution in [1.29, 1.82) is 0 Å². The van der Waals surface area contributed by atoms with E-state index in [1.54, 1.807) is 19.1 Å². The summed E-state index contributed by atoms with van der Waals surface area (Å²) in [6.45, 7) is 9.90. The van der Waals surface area contributed by atoms with Gasteiger partial charge >= 0.3 is 0 Å². The van der Waals surface area contributed by atoms with Gasteiger partial charge in [-0.1, -0.05) is 11.6 Å². The van der Waals surface area contributed by atoms with E-state index >= 15 is 0 Å². The van der Waals surface area contributed by atoms with Gasteiger partial charge in [-0.2, -0.15) is 0 Å². The largest absolute Gasteiger partial charge is 0.392 e. The molecule has 1 spiro atoms. The first-order valence-electron chi connectivity index (χ1n) is 10.4. The number of rotatable bonds is 4. The summed E-state index contributed by atoms with van der Waals surface area (Å²) in [7, 11) is 0. The Morgan fingerprint density at radius 3 is 2.82 bits per heavy atom. The zero-order chi connectivity index (χ0) is 20.3. The van der Waals surface area contributed by atoms with Crippen molar-refractivity contribution < 1.29 is 14.3 Å². The number of aliphatic hydroxyl groups is 1. The molecule has 0 aliphatic carbocycles. The van der Waals surface area contributed by atoms with Gasteiger partial charge in [-0.3, -0.25) is 4.79 Å². The van der Waals surface area contributed by atoms with Crippen molar-refractivity contribution in [2.45, 2.75) is 52.6 Å². The second-order valence-electron chi connectivity index (χ2n) is 8.81. The minimum absolute atomic E-state index is 0.0592. The van der Waals surface area contributed by atoms with Gasteiger partial charge in [-0.05, 0) is 70.2 Å². The summed E-state index contributed by atoms with van der Waals surface area (Å²) in [5, 5.41) is 10.8. The number of allylic oxidation sites excluding steroid dienone is 1. The van der Waals surface area contributed by atoms with Crippen LogP contribution in [0.15, 0.2) is 29.8 Å². The van der Waals surface area contributed by atoms with Gasteiger partial charge in [0.25, 0.3) is 5.91 Å². The number of hydrogen-bond donors (Lipinski definition) is 1. The van der Waals surface area contributed by atoms with E-state index in [0.29, 0.717) is 24.2 Å². The molecule has 1 aromatic rings. The fourth-order valence-corrected chi connectivity index (χ4v) is 4.66. The third-order valence-electron chi connectivity index (χ3n) is 6.26. The van der Waals surface area contributed by atoms with Crippen LogP contribution in [-0.2, 0) is 0 Å². The molecule has 2 heterocycles. The van der Waals surface area contributed by atoms with Crippen LogP contribution in [0.5, 0.6) is 0 Å². The summed E-state index contributed by atoms with van der Waals surface area (Å²) in [6, 6.07) is 4.56. The number of aryl methyl sites for hydroxylation is 1. The highest BCUT2D eigenvalue weighted by Crippen LogP contribution is 2.39. The molecular weight excluding hydrogens is 355 g/mol. The van der Waals surface area contributed by atoms with E-state index < -0.39 is 0 Å². The van der Waals surface area contributed by atoms with E-state index in [2.05, 4.69) is 24.8 Å². The van der Waals surface area contributed by atoms with Crippen LogP contribution in [-0.4, -0.2) is 59.6 Å². The Morgan fingerprint density at radius 1 is 1.32 bits per heavy atom. The van der Waals surface area contributed by atoms with Crippen LogP contribution in [0.25, 0.3) is 0 Å². The Kier molecular flexibility index (Phi) is 6.56. The molecule has 0 radical (unpaired) electrons. The van der Waals surface area contributed by atoms with Crippen LogP contribution >= 0.6 is 0 Å². The van der Waals surface area contributed by atoms with Gasteiger partial charge in [-0.15, -0.1) is 0 Å². The molecule has 0 bridgehead atoms. The smallest absolute Gasteiger partial charge is 0.253 e. The van der Waals surface area contributed by atoms with Gasteiger partial charge in [-0.25, -0.2) is 4.39 Å². The van der Waals surface area contributed by atoms with Crippen LogP contribution < -0.4 is 0 Å². The number of nitrogens with zero attached hydrogens (tertiary/aromatic N) is 2. The van der Waals surface area contributed by atoms with E-state index in [1.807, 2.05) is 4.90 Å². The second kappa shape index (κ2) is 8.75. The number of likely N-dealkylation sites (tertiary alicyclic amines) is 2. The predicted molar refractivity (Wildman–Crippen MR) is 110 cm³/mol. The highest BCUT2D eigenvalue weighted by Gasteiger charge is 2.46. The lowest BCUT2D eigenvalue weighted by molar-refractivity contribution is -0.0782. The zero-order valence-electron chi connectivity index (χ0n) is 17.4. The normalized spacial score (nSPS) is 25.8. The van der Waals surface area contributed by atoms with Crippen molar-refractivity contribution in [2.75, 3.05) is 32.7 Å². The van der Waals surface area contributed by atoms with E-state index in [4.69, 9.17) is 0 Å². The maximum absolute atomic E-state index is 13.6. The van der Waals surface area contributed by atoms with Gasteiger partial charge in [0.1, 0.15) is 5.82 Å². The molecular formula is C23H33FN2O2. The number of halogens is 1. The Balaban J connectivity index is 1.71. The molecule has 0 aromatic heterocycles. The average Bonchev–Trinajstić information content (AvgIpc) is 2.66. The number of carbonyl (C=O) groups is 1. The van der Waals surface area contributed by atoms with E-state index in [-0.39, 0.29) is 23.2 Å². The maximum atomic E-state index is 13.6. The molecule has 3 rings (SSSR count). The molecule has 2 fully saturated rings. The lowest BCUT2D eigenvalue weighted by Crippen LogP contribution is -2.59. The summed E-state index contributed by atoms with van der Waals surface area (Å²) < 4.78 is 13.6. The summed E-state index contributed by atoms with van der Waals surface area (Å²) >= 11 is 0. The first-order valence-corrected chi connectivity index (χ1v) is 10.4. The van der Waals surface area contributed by atoms with Crippen molar-refractivity contribution >= 4 is 5.91 Å². The number of carbonyl (C=O) groups excluding carboxylic acids is 1. The van der Waals surface area contributed by atoms with Crippen LogP contribution in [0.2, 0.25) is 0 Å². The fourth-order valence-electron chi connectivity index (χ4n) is 4.66. The van der Waals surface area contributed by atoms with E-state index in [1.165, 1.54) is 11.6 Å². The maximum Gasteiger partial charge on any atom is 0.253 e. The van der Waals surface area contributed by atoms with E-state index in [0.717, 1.165) is 45.3 Å². The SMILES string of the molecule is CC(C)=CCCN1CC[C@@H](O)[C@]2(CCCN(C(=O)c3ccc(F)c(C)c3)C2)C1. The fraction of sp³-hybridized carbons (Fsp3) is 0.609. The van der Waals surface area contributed by atoms with Crippen molar-refractivity contribution in [3.05, 3.63) is 46.8 Å². The highest BCUT2D eigenvalue weighted by atomic mass is 19.1. The number of aliphatic hydroxyl groups excluding tert-OH is 1. The summed E-state index contributed by atoms with van der Waals surface area (Å²) in [4.78, 5) is 17.3. The van der Waals surface area contributed by atoms with Crippen molar-refractivity contribution in [3.63, 3.8) is 0 Å². The van der Waals surface area contributed by atoms with Gasteiger partial charge in [0.15, 0.2) is 0 Å². The van der Waals surface area contributed by atoms with Crippen LogP contribution in [0.3, 0.4) is 0 Å². The van der Waals surface area contributed by atoms with Gasteiger partial charge < -0.3 is 14.9 Å². The monoisotopic (exact) mass is 388 g/mol. The van der Waals surface area contributed by atoms with Crippen molar-refractivity contribution in [1.82, 2.24) is 9.80 Å². The lowest BCUT2D eigenvalue weighted by atomic mass is 9.71. The zero-order valence-corrected chi connectivity index (χ0v) is 17.4. The summed E-state index contributed by atoms with van der Waals surface area (Å²) in [5.41, 5.74) is 2.09. The third-order valence-corrected chi connectivity index (χ3v) is 6.26. The summed E-state index contributed by atoms with van der Waals surface area (Å²) in [6.07, 6.45) is 5.49. The molecule has 154 valence electrons. The highest BCUT2D eigenvalue weighted by molar-refractivity contribution is 5.94. The molecule has 2 atom stereocenters. The van der Waals surface area contributed by atoms with Crippen LogP contribution in [0.1, 0.15) is 55.5 Å². The molecule has 2 aliphatic rings. The molecule has 2 saturated heterocycles. The van der Waals surface area contributed by atoms with Gasteiger partial charge in [0, 0.05) is 43.7 Å². The topological polar surface area (TPSA) is 43.8 Å². The molecule has 4 nitrogen and oxygen atoms in total. The van der Waals surface area contributed by atoms with Crippen LogP contribution in [0, 0.1) is 18.2 Å². The lowest BCUT2D eigenvalue weighted by Gasteiger charge is -2.51. The first kappa shape index (κ1) is 21.0. The molecule has 2 aliphatic heterocycles. The minimum Gasteiger partial charge on any atom is -0.392 e. The quantitative estimate of drug-likeness (QED) is 0.799. The number of amides is 1. The Labute approximate surface area is 168 Å². The minimum atomic E-state index is -0.377. The first-order chi connectivity index (χ1) is 13.3. The van der Waals surface area contributed by atoms with Gasteiger partial charge in [0.2, 0.25) is 0 Å². The Hall–Kier alpha value is -1.72. The molecule has 0 unspecified atom stereocenters. The number of piperidine rings is 2. The van der Waals surface area contributed by atoms with Gasteiger partial charge in [0.05, 0.1) is 6.10 Å². The van der Waals surface area contributed by atoms with Crippen LogP contribution in [0.4, 0.5) is 4.39 Å². The Morgan fingerprint density at radius 2 is 2.11 bits per heavy atom. The third kappa shape index (κ3) is 4.64. The van der Waals surface area contributed by atoms with E-state index in [9.17, 15) is 14.3 Å². The molecule has 1 amide bonds. The van der Waals surface area contributed by atoms with Crippen molar-refractivity contribution in [3.8, 4) is 0 Å². The number of hydrogen-bond acceptors (Lipinski definition) is 3. The molecule has 5 heteroatoms. The number of benzene rings is 1. The molecule has 28 heavy (non-hydrogen) atoms. The second-order valence-corrected chi connectivity index (χ2v) is 8.81. The standard InChI is InChI=1S/C23H33FN2O2/c1-17(2)6-4-11-25-13-9-21(27)23(15-25)10-5-12-26(16-23)22(28)19-7-8-20(24)18(3)14-19/h6-8,14,21,27H,4-5,9-13,15-16H2,1-3H3/t21-,23-/m1/s1. The molecule has 1 aromatic carbocycles.